The maximum absolute atomic E-state index is 11.7. The van der Waals surface area contributed by atoms with Crippen LogP contribution in [0.15, 0.2) is 29.8 Å². The molecule has 150 valence electrons. The van der Waals surface area contributed by atoms with E-state index >= 15 is 0 Å². The SMILES string of the molecule is CC(C)C1=C(c2cccc(O)c2)[C@@](C)(CC=O)[C@H](O[Si](C)(C)C(C)(C)C)C1. The normalized spacial score (nSPS) is 24.0. The van der Waals surface area contributed by atoms with Gasteiger partial charge in [-0.3, -0.25) is 0 Å². The number of phenols is 1. The third kappa shape index (κ3) is 4.22. The van der Waals surface area contributed by atoms with Crippen LogP contribution in [0.3, 0.4) is 0 Å². The zero-order valence-electron chi connectivity index (χ0n) is 18.2. The van der Waals surface area contributed by atoms with Crippen LogP contribution < -0.4 is 0 Å². The highest BCUT2D eigenvalue weighted by molar-refractivity contribution is 6.74. The minimum atomic E-state index is -1.99. The van der Waals surface area contributed by atoms with Crippen molar-refractivity contribution < 1.29 is 14.3 Å². The lowest BCUT2D eigenvalue weighted by atomic mass is 9.75. The van der Waals surface area contributed by atoms with Crippen LogP contribution in [0.2, 0.25) is 18.1 Å². The predicted octanol–water partition coefficient (Wildman–Crippen LogP) is 6.19. The van der Waals surface area contributed by atoms with Crippen LogP contribution >= 0.6 is 0 Å². The standard InChI is InChI=1S/C23H36O3Si/c1-16(2)19-15-20(26-27(7,8)22(3,4)5)23(6,12-13-24)21(19)17-10-9-11-18(25)14-17/h9-11,13-14,16,20,25H,12,15H2,1-8H3/t20-,23+/m1/s1. The second-order valence-electron chi connectivity index (χ2n) is 9.96. The first kappa shape index (κ1) is 21.9. The van der Waals surface area contributed by atoms with Gasteiger partial charge in [0.15, 0.2) is 8.32 Å². The third-order valence-electron chi connectivity index (χ3n) is 6.59. The van der Waals surface area contributed by atoms with Crippen molar-refractivity contribution in [1.82, 2.24) is 0 Å². The van der Waals surface area contributed by atoms with Crippen molar-refractivity contribution in [3.8, 4) is 5.75 Å². The molecule has 4 heteroatoms. The van der Waals surface area contributed by atoms with Crippen LogP contribution in [-0.2, 0) is 9.22 Å². The lowest BCUT2D eigenvalue weighted by Crippen LogP contribution is -2.47. The van der Waals surface area contributed by atoms with Gasteiger partial charge in [-0.1, -0.05) is 59.2 Å². The van der Waals surface area contributed by atoms with E-state index in [0.717, 1.165) is 18.3 Å². The molecule has 0 fully saturated rings. The molecule has 1 aliphatic carbocycles. The summed E-state index contributed by atoms with van der Waals surface area (Å²) in [6.07, 6.45) is 2.28. The van der Waals surface area contributed by atoms with E-state index in [1.807, 2.05) is 18.2 Å². The molecular weight excluding hydrogens is 352 g/mol. The molecule has 0 unspecified atom stereocenters. The minimum Gasteiger partial charge on any atom is -0.508 e. The molecule has 1 aliphatic rings. The molecular formula is C23H36O3Si. The van der Waals surface area contributed by atoms with Crippen LogP contribution in [0.5, 0.6) is 5.75 Å². The van der Waals surface area contributed by atoms with Crippen molar-refractivity contribution >= 4 is 20.2 Å². The Kier molecular flexibility index (Phi) is 6.13. The zero-order chi connectivity index (χ0) is 20.6. The monoisotopic (exact) mass is 388 g/mol. The molecule has 2 atom stereocenters. The van der Waals surface area contributed by atoms with Gasteiger partial charge in [-0.15, -0.1) is 0 Å². The maximum atomic E-state index is 11.7. The summed E-state index contributed by atoms with van der Waals surface area (Å²) in [5, 5.41) is 10.2. The fraction of sp³-hybridized carbons (Fsp3) is 0.609. The van der Waals surface area contributed by atoms with Crippen molar-refractivity contribution in [3.63, 3.8) is 0 Å². The first-order chi connectivity index (χ1) is 12.3. The zero-order valence-corrected chi connectivity index (χ0v) is 19.2. The Morgan fingerprint density at radius 2 is 1.96 bits per heavy atom. The molecule has 0 aromatic heterocycles. The first-order valence-electron chi connectivity index (χ1n) is 9.98. The second-order valence-corrected chi connectivity index (χ2v) is 14.7. The van der Waals surface area contributed by atoms with Crippen molar-refractivity contribution in [2.24, 2.45) is 11.3 Å². The van der Waals surface area contributed by atoms with Crippen LogP contribution in [0, 0.1) is 11.3 Å². The van der Waals surface area contributed by atoms with Gasteiger partial charge in [-0.2, -0.15) is 0 Å². The van der Waals surface area contributed by atoms with Gasteiger partial charge in [0.1, 0.15) is 12.0 Å². The fourth-order valence-electron chi connectivity index (χ4n) is 3.87. The average molecular weight is 389 g/mol. The number of hydrogen-bond donors (Lipinski definition) is 1. The number of rotatable bonds is 6. The van der Waals surface area contributed by atoms with Gasteiger partial charge < -0.3 is 14.3 Å². The largest absolute Gasteiger partial charge is 0.508 e. The van der Waals surface area contributed by atoms with Gasteiger partial charge in [0.05, 0.1) is 6.10 Å². The Balaban J connectivity index is 2.58. The lowest BCUT2D eigenvalue weighted by Gasteiger charge is -2.43. The fourth-order valence-corrected chi connectivity index (χ4v) is 5.27. The number of benzene rings is 1. The van der Waals surface area contributed by atoms with Crippen LogP contribution in [0.4, 0.5) is 0 Å². The number of phenolic OH excluding ortho intramolecular Hbond substituents is 1. The van der Waals surface area contributed by atoms with Crippen LogP contribution in [0.1, 0.15) is 59.9 Å². The average Bonchev–Trinajstić information content (AvgIpc) is 2.79. The minimum absolute atomic E-state index is 0.0154. The van der Waals surface area contributed by atoms with Gasteiger partial charge in [0.25, 0.3) is 0 Å². The molecule has 0 saturated heterocycles. The topological polar surface area (TPSA) is 46.5 Å². The summed E-state index contributed by atoms with van der Waals surface area (Å²) in [4.78, 5) is 11.7. The molecule has 1 aromatic carbocycles. The van der Waals surface area contributed by atoms with Crippen molar-refractivity contribution in [3.05, 3.63) is 35.4 Å². The summed E-state index contributed by atoms with van der Waals surface area (Å²) in [5.74, 6) is 0.617. The number of carbonyl (C=O) groups excluding carboxylic acids is 1. The van der Waals surface area contributed by atoms with E-state index in [2.05, 4.69) is 54.6 Å². The molecule has 0 heterocycles. The van der Waals surface area contributed by atoms with E-state index in [4.69, 9.17) is 4.43 Å². The van der Waals surface area contributed by atoms with Gasteiger partial charge >= 0.3 is 0 Å². The van der Waals surface area contributed by atoms with Gasteiger partial charge in [-0.05, 0) is 53.7 Å². The molecule has 0 amide bonds. The molecule has 0 bridgehead atoms. The van der Waals surface area contributed by atoms with E-state index in [9.17, 15) is 9.90 Å². The number of aldehydes is 1. The Morgan fingerprint density at radius 3 is 2.44 bits per heavy atom. The predicted molar refractivity (Wildman–Crippen MR) is 115 cm³/mol. The van der Waals surface area contributed by atoms with Gasteiger partial charge in [-0.25, -0.2) is 0 Å². The van der Waals surface area contributed by atoms with Gasteiger partial charge in [0, 0.05) is 11.8 Å². The van der Waals surface area contributed by atoms with E-state index < -0.39 is 8.32 Å². The van der Waals surface area contributed by atoms with E-state index in [1.165, 1.54) is 11.1 Å². The number of hydrogen-bond acceptors (Lipinski definition) is 3. The van der Waals surface area contributed by atoms with Crippen molar-refractivity contribution in [2.75, 3.05) is 0 Å². The van der Waals surface area contributed by atoms with E-state index in [0.29, 0.717) is 12.3 Å². The summed E-state index contributed by atoms with van der Waals surface area (Å²) >= 11 is 0. The number of aromatic hydroxyl groups is 1. The third-order valence-corrected chi connectivity index (χ3v) is 11.1. The summed E-state index contributed by atoms with van der Waals surface area (Å²) in [6.45, 7) is 17.9. The molecule has 27 heavy (non-hydrogen) atoms. The Morgan fingerprint density at radius 1 is 1.33 bits per heavy atom. The highest BCUT2D eigenvalue weighted by Gasteiger charge is 2.50. The second kappa shape index (κ2) is 7.55. The molecule has 3 nitrogen and oxygen atoms in total. The quantitative estimate of drug-likeness (QED) is 0.467. The summed E-state index contributed by atoms with van der Waals surface area (Å²) < 4.78 is 6.87. The van der Waals surface area contributed by atoms with E-state index in [1.54, 1.807) is 6.07 Å². The van der Waals surface area contributed by atoms with E-state index in [-0.39, 0.29) is 22.3 Å². The van der Waals surface area contributed by atoms with Gasteiger partial charge in [0.2, 0.25) is 0 Å². The lowest BCUT2D eigenvalue weighted by molar-refractivity contribution is -0.110. The first-order valence-corrected chi connectivity index (χ1v) is 12.9. The van der Waals surface area contributed by atoms with Crippen LogP contribution in [0.25, 0.3) is 5.57 Å². The Bertz CT molecular complexity index is 727. The Hall–Kier alpha value is -1.39. The molecule has 0 saturated carbocycles. The maximum Gasteiger partial charge on any atom is 0.192 e. The Labute approximate surface area is 166 Å². The van der Waals surface area contributed by atoms with Crippen LogP contribution in [-0.4, -0.2) is 25.8 Å². The summed E-state index contributed by atoms with van der Waals surface area (Å²) in [7, 11) is -1.99. The smallest absolute Gasteiger partial charge is 0.192 e. The summed E-state index contributed by atoms with van der Waals surface area (Å²) in [5.41, 5.74) is 3.15. The molecule has 2 rings (SSSR count). The summed E-state index contributed by atoms with van der Waals surface area (Å²) in [6, 6.07) is 7.42. The molecule has 0 radical (unpaired) electrons. The molecule has 0 spiro atoms. The molecule has 0 aliphatic heterocycles. The molecule has 1 aromatic rings. The van der Waals surface area contributed by atoms with Crippen molar-refractivity contribution in [2.45, 2.75) is 78.6 Å². The number of carbonyl (C=O) groups is 1. The molecule has 1 N–H and O–H groups in total. The highest BCUT2D eigenvalue weighted by atomic mass is 28.4. The highest BCUT2D eigenvalue weighted by Crippen LogP contribution is 2.55. The van der Waals surface area contributed by atoms with Crippen molar-refractivity contribution in [1.29, 1.82) is 0 Å².